The summed E-state index contributed by atoms with van der Waals surface area (Å²) in [4.78, 5) is 17.9. The maximum Gasteiger partial charge on any atom is 0.289 e. The predicted molar refractivity (Wildman–Crippen MR) is 103 cm³/mol. The van der Waals surface area contributed by atoms with Gasteiger partial charge in [-0.3, -0.25) is 9.69 Å². The van der Waals surface area contributed by atoms with Crippen molar-refractivity contribution in [3.05, 3.63) is 47.4 Å². The van der Waals surface area contributed by atoms with Crippen LogP contribution in [-0.4, -0.2) is 59.3 Å². The number of hydrogen-bond acceptors (Lipinski definition) is 6. The number of nitrogens with zero attached hydrogens (tertiary/aromatic N) is 2. The summed E-state index contributed by atoms with van der Waals surface area (Å²) >= 11 is 0. The zero-order valence-electron chi connectivity index (χ0n) is 16.1. The molecule has 0 aliphatic carbocycles. The third-order valence-corrected chi connectivity index (χ3v) is 7.11. The van der Waals surface area contributed by atoms with Crippen molar-refractivity contribution in [2.24, 2.45) is 5.92 Å². The van der Waals surface area contributed by atoms with Crippen LogP contribution in [0, 0.1) is 5.92 Å². The Balaban J connectivity index is 1.37. The topological polar surface area (TPSA) is 75.4 Å². The van der Waals surface area contributed by atoms with Crippen LogP contribution >= 0.6 is 0 Å². The van der Waals surface area contributed by atoms with E-state index in [2.05, 4.69) is 17.0 Å². The van der Waals surface area contributed by atoms with Crippen LogP contribution in [0.25, 0.3) is 0 Å². The molecule has 0 spiro atoms. The van der Waals surface area contributed by atoms with Crippen molar-refractivity contribution < 1.29 is 23.8 Å². The van der Waals surface area contributed by atoms with Crippen LogP contribution in [0.15, 0.2) is 34.7 Å². The fourth-order valence-corrected chi connectivity index (χ4v) is 5.81. The molecule has 4 fully saturated rings. The zero-order chi connectivity index (χ0) is 19.5. The highest BCUT2D eigenvalue weighted by molar-refractivity contribution is 5.92. The molecule has 1 N–H and O–H groups in total. The zero-order valence-corrected chi connectivity index (χ0v) is 16.1. The molecule has 5 aliphatic rings. The Labute approximate surface area is 168 Å². The number of carbonyl (C=O) groups excluding carboxylic acids is 1. The number of ether oxygens (including phenoxy) is 2. The molecule has 2 aromatic rings. The maximum atomic E-state index is 13.4. The van der Waals surface area contributed by atoms with Gasteiger partial charge in [-0.25, -0.2) is 0 Å². The Hall–Kier alpha value is -2.51. The quantitative estimate of drug-likeness (QED) is 0.857. The molecule has 29 heavy (non-hydrogen) atoms. The molecule has 7 nitrogen and oxygen atoms in total. The van der Waals surface area contributed by atoms with E-state index >= 15 is 0 Å². The monoisotopic (exact) mass is 396 g/mol. The lowest BCUT2D eigenvalue weighted by atomic mass is 9.75. The Morgan fingerprint density at radius 3 is 2.69 bits per heavy atom. The van der Waals surface area contributed by atoms with Crippen LogP contribution in [0.1, 0.15) is 40.6 Å². The lowest BCUT2D eigenvalue weighted by Gasteiger charge is -2.51. The number of hydrogen-bond donors (Lipinski definition) is 1. The third kappa shape index (κ3) is 2.60. The number of aliphatic hydroxyl groups is 1. The van der Waals surface area contributed by atoms with Gasteiger partial charge in [0.05, 0.1) is 6.04 Å². The highest BCUT2D eigenvalue weighted by atomic mass is 16.7. The number of aliphatic hydroxyl groups excluding tert-OH is 1. The predicted octanol–water partition coefficient (Wildman–Crippen LogP) is 2.20. The van der Waals surface area contributed by atoms with Gasteiger partial charge in [-0.1, -0.05) is 6.07 Å². The molecule has 152 valence electrons. The SMILES string of the molecule is O=C(c1ccc(CO)o1)N1C[C@@H](c2ccc3c(c2)OCO3)[C@@H]2[C@H]1C1CCN2CC1. The Morgan fingerprint density at radius 1 is 1.07 bits per heavy atom. The highest BCUT2D eigenvalue weighted by Crippen LogP contribution is 2.48. The number of rotatable bonds is 3. The fourth-order valence-electron chi connectivity index (χ4n) is 5.81. The summed E-state index contributed by atoms with van der Waals surface area (Å²) in [6.07, 6.45) is 2.28. The molecule has 1 aromatic carbocycles. The second-order valence-corrected chi connectivity index (χ2v) is 8.46. The van der Waals surface area contributed by atoms with E-state index in [1.807, 2.05) is 11.0 Å². The number of carbonyl (C=O) groups is 1. The first-order chi connectivity index (χ1) is 14.2. The number of furan rings is 1. The van der Waals surface area contributed by atoms with Crippen molar-refractivity contribution in [1.29, 1.82) is 0 Å². The fraction of sp³-hybridized carbons (Fsp3) is 0.500. The second kappa shape index (κ2) is 6.50. The summed E-state index contributed by atoms with van der Waals surface area (Å²) < 4.78 is 16.6. The lowest BCUT2D eigenvalue weighted by Crippen LogP contribution is -2.60. The third-order valence-electron chi connectivity index (χ3n) is 7.11. The smallest absolute Gasteiger partial charge is 0.289 e. The van der Waals surface area contributed by atoms with Crippen LogP contribution in [0.4, 0.5) is 0 Å². The molecule has 1 aromatic heterocycles. The van der Waals surface area contributed by atoms with Crippen molar-refractivity contribution >= 4 is 5.91 Å². The molecular weight excluding hydrogens is 372 g/mol. The van der Waals surface area contributed by atoms with Gasteiger partial charge in [0.2, 0.25) is 6.79 Å². The van der Waals surface area contributed by atoms with Gasteiger partial charge in [0.15, 0.2) is 17.3 Å². The molecule has 5 aliphatic heterocycles. The van der Waals surface area contributed by atoms with Crippen molar-refractivity contribution in [3.63, 3.8) is 0 Å². The van der Waals surface area contributed by atoms with Crippen LogP contribution in [-0.2, 0) is 6.61 Å². The van der Waals surface area contributed by atoms with E-state index in [0.29, 0.717) is 30.0 Å². The van der Waals surface area contributed by atoms with Gasteiger partial charge in [0.25, 0.3) is 5.91 Å². The molecule has 0 unspecified atom stereocenters. The van der Waals surface area contributed by atoms with Gasteiger partial charge < -0.3 is 23.9 Å². The minimum absolute atomic E-state index is 0.0725. The lowest BCUT2D eigenvalue weighted by molar-refractivity contribution is -0.00437. The van der Waals surface area contributed by atoms with E-state index < -0.39 is 0 Å². The molecule has 0 radical (unpaired) electrons. The van der Waals surface area contributed by atoms with Gasteiger partial charge in [-0.15, -0.1) is 0 Å². The maximum absolute atomic E-state index is 13.4. The standard InChI is InChI=1S/C22H24N2O5/c25-11-15-2-4-18(29-15)22(26)24-10-16(14-1-3-17-19(9-14)28-12-27-17)21-20(24)13-5-7-23(21)8-6-13/h1-4,9,13,16,20-21,25H,5-8,10-12H2/t16-,20+,21+/m0/s1. The van der Waals surface area contributed by atoms with Crippen molar-refractivity contribution in [3.8, 4) is 11.5 Å². The number of piperidine rings is 3. The summed E-state index contributed by atoms with van der Waals surface area (Å²) in [7, 11) is 0. The first-order valence-electron chi connectivity index (χ1n) is 10.4. The highest BCUT2D eigenvalue weighted by Gasteiger charge is 2.55. The number of likely N-dealkylation sites (tertiary alicyclic amines) is 1. The van der Waals surface area contributed by atoms with Gasteiger partial charge in [0.1, 0.15) is 12.4 Å². The van der Waals surface area contributed by atoms with Crippen LogP contribution in [0.2, 0.25) is 0 Å². The summed E-state index contributed by atoms with van der Waals surface area (Å²) in [6.45, 7) is 2.93. The minimum Gasteiger partial charge on any atom is -0.454 e. The van der Waals surface area contributed by atoms with E-state index in [1.54, 1.807) is 12.1 Å². The molecule has 6 heterocycles. The first kappa shape index (κ1) is 17.4. The van der Waals surface area contributed by atoms with E-state index in [9.17, 15) is 9.90 Å². The van der Waals surface area contributed by atoms with Gasteiger partial charge in [-0.05, 0) is 61.7 Å². The number of benzene rings is 1. The van der Waals surface area contributed by atoms with Crippen LogP contribution < -0.4 is 9.47 Å². The van der Waals surface area contributed by atoms with E-state index in [4.69, 9.17) is 13.9 Å². The van der Waals surface area contributed by atoms with Crippen LogP contribution in [0.5, 0.6) is 11.5 Å². The Bertz CT molecular complexity index is 948. The number of fused-ring (bicyclic) bond motifs is 3. The largest absolute Gasteiger partial charge is 0.454 e. The van der Waals surface area contributed by atoms with Gasteiger partial charge >= 0.3 is 0 Å². The van der Waals surface area contributed by atoms with Crippen LogP contribution in [0.3, 0.4) is 0 Å². The summed E-state index contributed by atoms with van der Waals surface area (Å²) in [6, 6.07) is 10.0. The molecular formula is C22H24N2O5. The van der Waals surface area contributed by atoms with Crippen molar-refractivity contribution in [1.82, 2.24) is 9.80 Å². The van der Waals surface area contributed by atoms with Gasteiger partial charge in [0, 0.05) is 18.5 Å². The summed E-state index contributed by atoms with van der Waals surface area (Å²) in [5.41, 5.74) is 1.20. The van der Waals surface area contributed by atoms with Crippen molar-refractivity contribution in [2.75, 3.05) is 26.4 Å². The number of amides is 1. The normalized spacial score (nSPS) is 31.9. The van der Waals surface area contributed by atoms with E-state index in [1.165, 1.54) is 5.56 Å². The molecule has 3 atom stereocenters. The Kier molecular flexibility index (Phi) is 3.89. The molecule has 7 heteroatoms. The van der Waals surface area contributed by atoms with E-state index in [-0.39, 0.29) is 31.3 Å². The average Bonchev–Trinajstić information content (AvgIpc) is 3.51. The average molecular weight is 396 g/mol. The molecule has 7 rings (SSSR count). The molecule has 0 saturated carbocycles. The summed E-state index contributed by atoms with van der Waals surface area (Å²) in [5, 5.41) is 9.29. The molecule has 2 bridgehead atoms. The van der Waals surface area contributed by atoms with E-state index in [0.717, 1.165) is 37.4 Å². The first-order valence-corrected chi connectivity index (χ1v) is 10.4. The Morgan fingerprint density at radius 2 is 1.90 bits per heavy atom. The van der Waals surface area contributed by atoms with Crippen molar-refractivity contribution in [2.45, 2.75) is 37.5 Å². The molecule has 1 amide bonds. The van der Waals surface area contributed by atoms with Gasteiger partial charge in [-0.2, -0.15) is 0 Å². The molecule has 4 saturated heterocycles. The summed E-state index contributed by atoms with van der Waals surface area (Å²) in [5.74, 6) is 3.00. The minimum atomic E-state index is -0.199. The second-order valence-electron chi connectivity index (χ2n) is 8.46.